The van der Waals surface area contributed by atoms with E-state index < -0.39 is 4.92 Å². The Kier molecular flexibility index (Phi) is 3.25. The van der Waals surface area contributed by atoms with Gasteiger partial charge in [0.25, 0.3) is 5.69 Å². The molecule has 19 heavy (non-hydrogen) atoms. The van der Waals surface area contributed by atoms with Crippen LogP contribution in [0.1, 0.15) is 22.5 Å². The summed E-state index contributed by atoms with van der Waals surface area (Å²) >= 11 is 0. The van der Waals surface area contributed by atoms with Crippen LogP contribution in [0.3, 0.4) is 0 Å². The Morgan fingerprint density at radius 2 is 2.05 bits per heavy atom. The number of nitrogens with two attached hydrogens (primary N) is 1. The quantitative estimate of drug-likeness (QED) is 0.521. The van der Waals surface area contributed by atoms with E-state index in [0.717, 1.165) is 22.5 Å². The molecule has 0 bridgehead atoms. The molecular formula is C13H16N4O2. The molecule has 2 rings (SSSR count). The van der Waals surface area contributed by atoms with Crippen LogP contribution in [0, 0.1) is 30.9 Å². The molecule has 6 heteroatoms. The van der Waals surface area contributed by atoms with Gasteiger partial charge < -0.3 is 5.73 Å². The van der Waals surface area contributed by atoms with Crippen LogP contribution in [-0.2, 0) is 6.54 Å². The van der Waals surface area contributed by atoms with Crippen molar-refractivity contribution < 1.29 is 4.92 Å². The fourth-order valence-corrected chi connectivity index (χ4v) is 1.96. The molecule has 100 valence electrons. The average molecular weight is 260 g/mol. The summed E-state index contributed by atoms with van der Waals surface area (Å²) in [6, 6.07) is 4.85. The number of nitrogens with zero attached hydrogens (tertiary/aromatic N) is 3. The Morgan fingerprint density at radius 1 is 1.37 bits per heavy atom. The van der Waals surface area contributed by atoms with E-state index in [1.54, 1.807) is 12.1 Å². The van der Waals surface area contributed by atoms with Gasteiger partial charge in [0.1, 0.15) is 5.69 Å². The summed E-state index contributed by atoms with van der Waals surface area (Å²) < 4.78 is 1.85. The van der Waals surface area contributed by atoms with Gasteiger partial charge in [-0.25, -0.2) is 0 Å². The van der Waals surface area contributed by atoms with Crippen molar-refractivity contribution in [3.63, 3.8) is 0 Å². The molecule has 0 amide bonds. The summed E-state index contributed by atoms with van der Waals surface area (Å²) in [5.41, 5.74) is 9.69. The number of nitrogen functional groups attached to an aromatic ring is 1. The van der Waals surface area contributed by atoms with Gasteiger partial charge in [0, 0.05) is 11.8 Å². The number of aryl methyl sites for hydroxylation is 1. The van der Waals surface area contributed by atoms with Crippen molar-refractivity contribution >= 4 is 11.4 Å². The smallest absolute Gasteiger partial charge is 0.292 e. The van der Waals surface area contributed by atoms with Gasteiger partial charge in [0.05, 0.1) is 17.2 Å². The second kappa shape index (κ2) is 4.72. The first kappa shape index (κ1) is 13.1. The highest BCUT2D eigenvalue weighted by Crippen LogP contribution is 2.23. The van der Waals surface area contributed by atoms with Crippen molar-refractivity contribution in [2.75, 3.05) is 5.73 Å². The summed E-state index contributed by atoms with van der Waals surface area (Å²) in [5.74, 6) is 0. The summed E-state index contributed by atoms with van der Waals surface area (Å²) in [4.78, 5) is 10.4. The second-order valence-corrected chi connectivity index (χ2v) is 4.60. The van der Waals surface area contributed by atoms with Crippen LogP contribution in [-0.4, -0.2) is 14.7 Å². The largest absolute Gasteiger partial charge is 0.393 e. The van der Waals surface area contributed by atoms with Crippen molar-refractivity contribution in [3.05, 3.63) is 50.8 Å². The van der Waals surface area contributed by atoms with Crippen molar-refractivity contribution in [2.24, 2.45) is 0 Å². The number of hydrogen-bond acceptors (Lipinski definition) is 4. The number of rotatable bonds is 3. The maximum absolute atomic E-state index is 10.9. The molecule has 2 N–H and O–H groups in total. The fraction of sp³-hybridized carbons (Fsp3) is 0.308. The van der Waals surface area contributed by atoms with Gasteiger partial charge >= 0.3 is 0 Å². The molecule has 1 heterocycles. The fourth-order valence-electron chi connectivity index (χ4n) is 1.96. The van der Waals surface area contributed by atoms with Gasteiger partial charge in [-0.05, 0) is 38.0 Å². The molecular weight excluding hydrogens is 244 g/mol. The molecule has 6 nitrogen and oxygen atoms in total. The van der Waals surface area contributed by atoms with Crippen molar-refractivity contribution in [1.29, 1.82) is 0 Å². The van der Waals surface area contributed by atoms with Gasteiger partial charge in [0.15, 0.2) is 0 Å². The summed E-state index contributed by atoms with van der Waals surface area (Å²) in [6.45, 7) is 6.45. The molecule has 0 aliphatic carbocycles. The van der Waals surface area contributed by atoms with Crippen molar-refractivity contribution in [1.82, 2.24) is 9.78 Å². The lowest BCUT2D eigenvalue weighted by molar-refractivity contribution is -0.384. The van der Waals surface area contributed by atoms with Crippen LogP contribution in [0.2, 0.25) is 0 Å². The van der Waals surface area contributed by atoms with E-state index in [0.29, 0.717) is 6.54 Å². The Labute approximate surface area is 111 Å². The third kappa shape index (κ3) is 2.42. The number of anilines is 1. The van der Waals surface area contributed by atoms with Crippen LogP contribution in [0.15, 0.2) is 18.2 Å². The lowest BCUT2D eigenvalue weighted by Crippen LogP contribution is -2.05. The summed E-state index contributed by atoms with van der Waals surface area (Å²) in [7, 11) is 0. The number of nitro benzene ring substituents is 1. The van der Waals surface area contributed by atoms with Gasteiger partial charge in [-0.3, -0.25) is 14.8 Å². The molecule has 2 aromatic rings. The Bertz CT molecular complexity index is 646. The SMILES string of the molecule is Cc1nn(Cc2ccc(N)c([N+](=O)[O-])c2)c(C)c1C. The first-order valence-corrected chi connectivity index (χ1v) is 5.93. The highest BCUT2D eigenvalue weighted by molar-refractivity contribution is 5.59. The average Bonchev–Trinajstić information content (AvgIpc) is 2.59. The van der Waals surface area contributed by atoms with Crippen molar-refractivity contribution in [2.45, 2.75) is 27.3 Å². The molecule has 0 saturated carbocycles. The molecule has 0 radical (unpaired) electrons. The molecule has 0 atom stereocenters. The maximum atomic E-state index is 10.9. The lowest BCUT2D eigenvalue weighted by Gasteiger charge is -2.06. The van der Waals surface area contributed by atoms with E-state index in [9.17, 15) is 10.1 Å². The zero-order valence-electron chi connectivity index (χ0n) is 11.2. The molecule has 0 saturated heterocycles. The van der Waals surface area contributed by atoms with E-state index in [-0.39, 0.29) is 11.4 Å². The minimum Gasteiger partial charge on any atom is -0.393 e. The first-order chi connectivity index (χ1) is 8.90. The second-order valence-electron chi connectivity index (χ2n) is 4.60. The topological polar surface area (TPSA) is 87.0 Å². The predicted octanol–water partition coefficient (Wildman–Crippen LogP) is 2.35. The molecule has 1 aromatic heterocycles. The number of benzene rings is 1. The predicted molar refractivity (Wildman–Crippen MR) is 73.0 cm³/mol. The van der Waals surface area contributed by atoms with Gasteiger partial charge in [-0.15, -0.1) is 0 Å². The molecule has 0 aliphatic rings. The normalized spacial score (nSPS) is 10.7. The number of hydrogen-bond donors (Lipinski definition) is 1. The molecule has 0 unspecified atom stereocenters. The zero-order chi connectivity index (χ0) is 14.2. The zero-order valence-corrected chi connectivity index (χ0v) is 11.2. The molecule has 0 fully saturated rings. The minimum absolute atomic E-state index is 0.0595. The summed E-state index contributed by atoms with van der Waals surface area (Å²) in [5, 5.41) is 15.3. The van der Waals surface area contributed by atoms with Crippen LogP contribution >= 0.6 is 0 Å². The molecule has 0 spiro atoms. The Balaban J connectivity index is 2.36. The van der Waals surface area contributed by atoms with E-state index >= 15 is 0 Å². The van der Waals surface area contributed by atoms with Gasteiger partial charge in [-0.1, -0.05) is 6.07 Å². The van der Waals surface area contributed by atoms with Crippen LogP contribution in [0.4, 0.5) is 11.4 Å². The summed E-state index contributed by atoms with van der Waals surface area (Å²) in [6.07, 6.45) is 0. The van der Waals surface area contributed by atoms with Crippen LogP contribution in [0.5, 0.6) is 0 Å². The van der Waals surface area contributed by atoms with Crippen LogP contribution < -0.4 is 5.73 Å². The van der Waals surface area contributed by atoms with E-state index in [4.69, 9.17) is 5.73 Å². The third-order valence-electron chi connectivity index (χ3n) is 3.37. The number of nitro groups is 1. The van der Waals surface area contributed by atoms with Crippen LogP contribution in [0.25, 0.3) is 0 Å². The minimum atomic E-state index is -0.467. The monoisotopic (exact) mass is 260 g/mol. The number of aromatic nitrogens is 2. The third-order valence-corrected chi connectivity index (χ3v) is 3.37. The van der Waals surface area contributed by atoms with Crippen molar-refractivity contribution in [3.8, 4) is 0 Å². The Hall–Kier alpha value is -2.37. The maximum Gasteiger partial charge on any atom is 0.292 e. The lowest BCUT2D eigenvalue weighted by atomic mass is 10.1. The molecule has 0 aliphatic heterocycles. The van der Waals surface area contributed by atoms with E-state index in [2.05, 4.69) is 5.10 Å². The first-order valence-electron chi connectivity index (χ1n) is 5.93. The standard InChI is InChI=1S/C13H16N4O2/c1-8-9(2)15-16(10(8)3)7-11-4-5-12(14)13(6-11)17(18)19/h4-6H,7,14H2,1-3H3. The van der Waals surface area contributed by atoms with Gasteiger partial charge in [0.2, 0.25) is 0 Å². The Morgan fingerprint density at radius 3 is 2.58 bits per heavy atom. The highest BCUT2D eigenvalue weighted by Gasteiger charge is 2.13. The van der Waals surface area contributed by atoms with E-state index in [1.165, 1.54) is 6.07 Å². The van der Waals surface area contributed by atoms with E-state index in [1.807, 2.05) is 25.5 Å². The van der Waals surface area contributed by atoms with Gasteiger partial charge in [-0.2, -0.15) is 5.10 Å². The molecule has 1 aromatic carbocycles. The highest BCUT2D eigenvalue weighted by atomic mass is 16.6.